The summed E-state index contributed by atoms with van der Waals surface area (Å²) in [7, 11) is 0. The van der Waals surface area contributed by atoms with Gasteiger partial charge in [-0.2, -0.15) is 0 Å². The molecule has 1 N–H and O–H groups in total. The molecule has 2 aliphatic rings. The number of hydrogen-bond acceptors (Lipinski definition) is 2. The van der Waals surface area contributed by atoms with Gasteiger partial charge in [-0.25, -0.2) is 0 Å². The molecule has 1 aliphatic carbocycles. The largest absolute Gasteiger partial charge is 0.481 e. The minimum atomic E-state index is -0.578. The Hall–Kier alpha value is -0.570. The van der Waals surface area contributed by atoms with Gasteiger partial charge in [0.1, 0.15) is 0 Å². The lowest BCUT2D eigenvalue weighted by Crippen LogP contribution is -2.51. The van der Waals surface area contributed by atoms with E-state index >= 15 is 0 Å². The fourth-order valence-electron chi connectivity index (χ4n) is 4.83. The lowest BCUT2D eigenvalue weighted by atomic mass is 9.53. The van der Waals surface area contributed by atoms with Gasteiger partial charge in [-0.15, -0.1) is 0 Å². The zero-order valence-electron chi connectivity index (χ0n) is 15.0. The standard InChI is InChI=1S/C19H34O3/c1-6-8-10-13-15(18(3,4)5)16-14(22-16)12-19(13,17(20)21)11-9-7-2/h13-16H,6-12H2,1-5H3,(H,20,21)/t13?,14-,15?,16-,19?/m1/s1. The highest BCUT2D eigenvalue weighted by Gasteiger charge is 2.65. The van der Waals surface area contributed by atoms with Gasteiger partial charge in [-0.05, 0) is 36.5 Å². The molecule has 0 aromatic carbocycles. The van der Waals surface area contributed by atoms with Crippen LogP contribution in [0.1, 0.15) is 79.6 Å². The highest BCUT2D eigenvalue weighted by atomic mass is 16.6. The highest BCUT2D eigenvalue weighted by Crippen LogP contribution is 2.61. The topological polar surface area (TPSA) is 49.8 Å². The predicted octanol–water partition coefficient (Wildman–Crippen LogP) is 4.89. The summed E-state index contributed by atoms with van der Waals surface area (Å²) in [5.74, 6) is 0.0382. The van der Waals surface area contributed by atoms with Gasteiger partial charge in [0, 0.05) is 0 Å². The Morgan fingerprint density at radius 1 is 1.23 bits per heavy atom. The number of carboxylic acids is 1. The van der Waals surface area contributed by atoms with Crippen LogP contribution in [0.4, 0.5) is 0 Å². The fraction of sp³-hybridized carbons (Fsp3) is 0.947. The van der Waals surface area contributed by atoms with E-state index in [0.29, 0.717) is 12.0 Å². The molecule has 2 fully saturated rings. The van der Waals surface area contributed by atoms with Crippen molar-refractivity contribution in [2.24, 2.45) is 22.7 Å². The van der Waals surface area contributed by atoms with E-state index in [1.807, 2.05) is 0 Å². The second-order valence-corrected chi connectivity index (χ2v) is 8.55. The van der Waals surface area contributed by atoms with Crippen molar-refractivity contribution < 1.29 is 14.6 Å². The minimum absolute atomic E-state index is 0.102. The van der Waals surface area contributed by atoms with Crippen molar-refractivity contribution in [1.29, 1.82) is 0 Å². The van der Waals surface area contributed by atoms with E-state index in [1.165, 1.54) is 0 Å². The number of hydrogen-bond donors (Lipinski definition) is 1. The van der Waals surface area contributed by atoms with E-state index in [9.17, 15) is 9.90 Å². The molecule has 3 heteroatoms. The molecule has 0 spiro atoms. The van der Waals surface area contributed by atoms with Gasteiger partial charge in [-0.3, -0.25) is 4.79 Å². The summed E-state index contributed by atoms with van der Waals surface area (Å²) < 4.78 is 5.95. The van der Waals surface area contributed by atoms with Crippen LogP contribution >= 0.6 is 0 Å². The molecule has 1 saturated heterocycles. The number of unbranched alkanes of at least 4 members (excludes halogenated alkanes) is 2. The molecule has 1 saturated carbocycles. The first kappa shape index (κ1) is 17.8. The van der Waals surface area contributed by atoms with Crippen LogP contribution in [-0.4, -0.2) is 23.3 Å². The summed E-state index contributed by atoms with van der Waals surface area (Å²) in [5, 5.41) is 10.1. The van der Waals surface area contributed by atoms with Gasteiger partial charge in [0.2, 0.25) is 0 Å². The molecular formula is C19H34O3. The molecule has 3 unspecified atom stereocenters. The Kier molecular flexibility index (Phi) is 5.26. The molecule has 22 heavy (non-hydrogen) atoms. The van der Waals surface area contributed by atoms with Crippen LogP contribution in [0.3, 0.4) is 0 Å². The Morgan fingerprint density at radius 2 is 1.86 bits per heavy atom. The number of carbonyl (C=O) groups is 1. The van der Waals surface area contributed by atoms with Gasteiger partial charge in [0.05, 0.1) is 17.6 Å². The van der Waals surface area contributed by atoms with E-state index in [-0.39, 0.29) is 17.4 Å². The van der Waals surface area contributed by atoms with Crippen molar-refractivity contribution in [1.82, 2.24) is 0 Å². The van der Waals surface area contributed by atoms with Crippen LogP contribution in [0.5, 0.6) is 0 Å². The average molecular weight is 310 g/mol. The van der Waals surface area contributed by atoms with Crippen molar-refractivity contribution in [3.63, 3.8) is 0 Å². The third-order valence-corrected chi connectivity index (χ3v) is 5.96. The van der Waals surface area contributed by atoms with Crippen LogP contribution in [0, 0.1) is 22.7 Å². The van der Waals surface area contributed by atoms with Gasteiger partial charge in [0.15, 0.2) is 0 Å². The normalized spacial score (nSPS) is 37.7. The first-order valence-electron chi connectivity index (χ1n) is 9.16. The number of carboxylic acid groups (broad SMARTS) is 1. The summed E-state index contributed by atoms with van der Waals surface area (Å²) in [6.45, 7) is 11.1. The van der Waals surface area contributed by atoms with E-state index < -0.39 is 11.4 Å². The van der Waals surface area contributed by atoms with Gasteiger partial charge in [0.25, 0.3) is 0 Å². The van der Waals surface area contributed by atoms with Crippen LogP contribution in [0.15, 0.2) is 0 Å². The van der Waals surface area contributed by atoms with E-state index in [1.54, 1.807) is 0 Å². The Bertz CT molecular complexity index is 398. The Balaban J connectivity index is 2.37. The number of aliphatic carboxylic acids is 1. The SMILES string of the molecule is CCCCC1C(C(C)(C)C)[C@@H]2O[C@@H]2CC1(CCCC)C(=O)O. The molecule has 0 aromatic rings. The zero-order valence-corrected chi connectivity index (χ0v) is 15.0. The highest BCUT2D eigenvalue weighted by molar-refractivity contribution is 5.75. The summed E-state index contributed by atoms with van der Waals surface area (Å²) in [6.07, 6.45) is 7.38. The molecule has 1 heterocycles. The zero-order chi connectivity index (χ0) is 16.5. The summed E-state index contributed by atoms with van der Waals surface area (Å²) in [4.78, 5) is 12.3. The lowest BCUT2D eigenvalue weighted by molar-refractivity contribution is -0.160. The quantitative estimate of drug-likeness (QED) is 0.681. The maximum absolute atomic E-state index is 12.3. The Morgan fingerprint density at radius 3 is 2.36 bits per heavy atom. The van der Waals surface area contributed by atoms with Crippen LogP contribution < -0.4 is 0 Å². The third-order valence-electron chi connectivity index (χ3n) is 5.96. The molecule has 3 nitrogen and oxygen atoms in total. The summed E-state index contributed by atoms with van der Waals surface area (Å²) in [6, 6.07) is 0. The van der Waals surface area contributed by atoms with Crippen molar-refractivity contribution in [2.75, 3.05) is 0 Å². The van der Waals surface area contributed by atoms with Gasteiger partial charge in [-0.1, -0.05) is 60.3 Å². The molecule has 0 radical (unpaired) electrons. The maximum Gasteiger partial charge on any atom is 0.310 e. The number of rotatable bonds is 7. The maximum atomic E-state index is 12.3. The number of fused-ring (bicyclic) bond motifs is 1. The molecular weight excluding hydrogens is 276 g/mol. The first-order valence-corrected chi connectivity index (χ1v) is 9.16. The summed E-state index contributed by atoms with van der Waals surface area (Å²) >= 11 is 0. The summed E-state index contributed by atoms with van der Waals surface area (Å²) in [5.41, 5.74) is -0.466. The van der Waals surface area contributed by atoms with Crippen LogP contribution in [-0.2, 0) is 9.53 Å². The molecule has 5 atom stereocenters. The van der Waals surface area contributed by atoms with E-state index in [2.05, 4.69) is 34.6 Å². The lowest BCUT2D eigenvalue weighted by Gasteiger charge is -2.48. The van der Waals surface area contributed by atoms with E-state index in [4.69, 9.17) is 4.74 Å². The smallest absolute Gasteiger partial charge is 0.310 e. The van der Waals surface area contributed by atoms with Crippen molar-refractivity contribution in [3.05, 3.63) is 0 Å². The molecule has 0 amide bonds. The van der Waals surface area contributed by atoms with Crippen LogP contribution in [0.25, 0.3) is 0 Å². The molecule has 128 valence electrons. The van der Waals surface area contributed by atoms with Gasteiger partial charge >= 0.3 is 5.97 Å². The van der Waals surface area contributed by atoms with Crippen molar-refractivity contribution in [2.45, 2.75) is 91.8 Å². The first-order chi connectivity index (χ1) is 10.3. The van der Waals surface area contributed by atoms with E-state index in [0.717, 1.165) is 44.9 Å². The number of epoxide rings is 1. The second kappa shape index (κ2) is 6.51. The molecule has 1 aliphatic heterocycles. The fourth-order valence-corrected chi connectivity index (χ4v) is 4.83. The van der Waals surface area contributed by atoms with Crippen molar-refractivity contribution >= 4 is 5.97 Å². The number of ether oxygens (including phenoxy) is 1. The molecule has 0 bridgehead atoms. The van der Waals surface area contributed by atoms with Gasteiger partial charge < -0.3 is 9.84 Å². The Labute approximate surface area is 135 Å². The third kappa shape index (κ3) is 3.20. The van der Waals surface area contributed by atoms with Crippen molar-refractivity contribution in [3.8, 4) is 0 Å². The molecule has 2 rings (SSSR count). The second-order valence-electron chi connectivity index (χ2n) is 8.55. The van der Waals surface area contributed by atoms with Crippen LogP contribution in [0.2, 0.25) is 0 Å². The monoisotopic (exact) mass is 310 g/mol. The molecule has 0 aromatic heterocycles. The minimum Gasteiger partial charge on any atom is -0.481 e. The predicted molar refractivity (Wildman–Crippen MR) is 88.8 cm³/mol. The average Bonchev–Trinajstić information content (AvgIpc) is 3.18.